The number of carbonyl (C=O) groups excluding carboxylic acids is 1. The van der Waals surface area contributed by atoms with Crippen molar-refractivity contribution in [2.75, 3.05) is 33.4 Å². The summed E-state index contributed by atoms with van der Waals surface area (Å²) in [6.07, 6.45) is 1.39. The molecule has 1 aromatic rings. The van der Waals surface area contributed by atoms with E-state index < -0.39 is 0 Å². The van der Waals surface area contributed by atoms with Crippen LogP contribution in [-0.2, 0) is 4.79 Å². The molecule has 0 saturated carbocycles. The first-order valence-electron chi connectivity index (χ1n) is 6.98. The number of nitrogens with two attached hydrogens (primary N) is 1. The number of para-hydroxylation sites is 2. The van der Waals surface area contributed by atoms with Crippen LogP contribution in [0, 0.1) is 5.92 Å². The summed E-state index contributed by atoms with van der Waals surface area (Å²) in [4.78, 5) is 13.9. The summed E-state index contributed by atoms with van der Waals surface area (Å²) >= 11 is 0. The monoisotopic (exact) mass is 278 g/mol. The minimum absolute atomic E-state index is 0.135. The molecule has 1 unspecified atom stereocenters. The standard InChI is InChI=1S/C15H22N2O3/c1-19-13-4-2-3-5-14(13)20-9-7-15(18)17-8-6-12(10-16)11-17/h2-5,12H,6-11,16H2,1H3. The largest absolute Gasteiger partial charge is 0.493 e. The number of hydrogen-bond donors (Lipinski definition) is 1. The SMILES string of the molecule is COc1ccccc1OCCC(=O)N1CCC(CN)C1. The topological polar surface area (TPSA) is 64.8 Å². The minimum atomic E-state index is 0.135. The van der Waals surface area contributed by atoms with Gasteiger partial charge in [0, 0.05) is 13.1 Å². The molecule has 1 heterocycles. The molecule has 5 nitrogen and oxygen atoms in total. The van der Waals surface area contributed by atoms with Crippen molar-refractivity contribution in [1.82, 2.24) is 4.90 Å². The summed E-state index contributed by atoms with van der Waals surface area (Å²) < 4.78 is 10.8. The van der Waals surface area contributed by atoms with Crippen molar-refractivity contribution in [3.8, 4) is 11.5 Å². The fourth-order valence-electron chi connectivity index (χ4n) is 2.40. The number of amides is 1. The van der Waals surface area contributed by atoms with Gasteiger partial charge >= 0.3 is 0 Å². The molecule has 1 aliphatic heterocycles. The molecule has 0 bridgehead atoms. The van der Waals surface area contributed by atoms with Crippen molar-refractivity contribution >= 4 is 5.91 Å². The third kappa shape index (κ3) is 3.63. The fraction of sp³-hybridized carbons (Fsp3) is 0.533. The van der Waals surface area contributed by atoms with Gasteiger partial charge in [-0.05, 0) is 31.0 Å². The van der Waals surface area contributed by atoms with Crippen LogP contribution in [0.4, 0.5) is 0 Å². The van der Waals surface area contributed by atoms with E-state index in [9.17, 15) is 4.79 Å². The number of hydrogen-bond acceptors (Lipinski definition) is 4. The van der Waals surface area contributed by atoms with Gasteiger partial charge in [-0.15, -0.1) is 0 Å². The third-order valence-corrected chi connectivity index (χ3v) is 3.61. The second kappa shape index (κ2) is 7.14. The number of ether oxygens (including phenoxy) is 2. The van der Waals surface area contributed by atoms with E-state index in [4.69, 9.17) is 15.2 Å². The van der Waals surface area contributed by atoms with Crippen LogP contribution >= 0.6 is 0 Å². The average molecular weight is 278 g/mol. The summed E-state index contributed by atoms with van der Waals surface area (Å²) in [5, 5.41) is 0. The summed E-state index contributed by atoms with van der Waals surface area (Å²) in [6, 6.07) is 7.44. The van der Waals surface area contributed by atoms with Gasteiger partial charge in [-0.1, -0.05) is 12.1 Å². The molecule has 2 rings (SSSR count). The molecule has 0 aliphatic carbocycles. The first-order valence-corrected chi connectivity index (χ1v) is 6.98. The molecular weight excluding hydrogens is 256 g/mol. The van der Waals surface area contributed by atoms with E-state index in [0.717, 1.165) is 19.5 Å². The van der Waals surface area contributed by atoms with Crippen LogP contribution in [0.1, 0.15) is 12.8 Å². The van der Waals surface area contributed by atoms with Crippen molar-refractivity contribution in [3.63, 3.8) is 0 Å². The van der Waals surface area contributed by atoms with Crippen LogP contribution in [0.25, 0.3) is 0 Å². The lowest BCUT2D eigenvalue weighted by molar-refractivity contribution is -0.130. The molecule has 0 radical (unpaired) electrons. The highest BCUT2D eigenvalue weighted by molar-refractivity contribution is 5.76. The fourth-order valence-corrected chi connectivity index (χ4v) is 2.40. The van der Waals surface area contributed by atoms with E-state index in [1.54, 1.807) is 7.11 Å². The molecule has 1 amide bonds. The highest BCUT2D eigenvalue weighted by Crippen LogP contribution is 2.26. The molecule has 110 valence electrons. The van der Waals surface area contributed by atoms with Crippen LogP contribution in [-0.4, -0.2) is 44.2 Å². The van der Waals surface area contributed by atoms with Crippen molar-refractivity contribution in [1.29, 1.82) is 0 Å². The zero-order valence-corrected chi connectivity index (χ0v) is 11.9. The van der Waals surface area contributed by atoms with Crippen LogP contribution in [0.15, 0.2) is 24.3 Å². The summed E-state index contributed by atoms with van der Waals surface area (Å²) in [6.45, 7) is 2.61. The van der Waals surface area contributed by atoms with Crippen LogP contribution in [0.5, 0.6) is 11.5 Å². The van der Waals surface area contributed by atoms with Crippen molar-refractivity contribution in [2.24, 2.45) is 11.7 Å². The third-order valence-electron chi connectivity index (χ3n) is 3.61. The quantitative estimate of drug-likeness (QED) is 0.851. The van der Waals surface area contributed by atoms with Crippen LogP contribution in [0.3, 0.4) is 0 Å². The van der Waals surface area contributed by atoms with Crippen molar-refractivity contribution in [2.45, 2.75) is 12.8 Å². The molecule has 0 aromatic heterocycles. The molecule has 1 aliphatic rings. The highest BCUT2D eigenvalue weighted by Gasteiger charge is 2.24. The van der Waals surface area contributed by atoms with E-state index in [0.29, 0.717) is 37.0 Å². The Balaban J connectivity index is 1.77. The van der Waals surface area contributed by atoms with Gasteiger partial charge in [0.1, 0.15) is 0 Å². The molecule has 5 heteroatoms. The number of carbonyl (C=O) groups is 1. The first-order chi connectivity index (χ1) is 9.74. The van der Waals surface area contributed by atoms with Crippen LogP contribution in [0.2, 0.25) is 0 Å². The van der Waals surface area contributed by atoms with Crippen LogP contribution < -0.4 is 15.2 Å². The van der Waals surface area contributed by atoms with E-state index >= 15 is 0 Å². The molecule has 1 saturated heterocycles. The molecule has 1 atom stereocenters. The Morgan fingerprint density at radius 2 is 2.15 bits per heavy atom. The number of rotatable bonds is 6. The maximum atomic E-state index is 12.0. The Kier molecular flexibility index (Phi) is 5.24. The van der Waals surface area contributed by atoms with Gasteiger partial charge in [0.05, 0.1) is 20.1 Å². The normalized spacial score (nSPS) is 18.1. The Morgan fingerprint density at radius 1 is 1.40 bits per heavy atom. The number of benzene rings is 1. The predicted molar refractivity (Wildman–Crippen MR) is 76.8 cm³/mol. The maximum Gasteiger partial charge on any atom is 0.226 e. The zero-order valence-electron chi connectivity index (χ0n) is 11.9. The lowest BCUT2D eigenvalue weighted by atomic mass is 10.1. The lowest BCUT2D eigenvalue weighted by Gasteiger charge is -2.16. The Bertz CT molecular complexity index is 450. The smallest absolute Gasteiger partial charge is 0.226 e. The van der Waals surface area contributed by atoms with E-state index in [1.165, 1.54) is 0 Å². The maximum absolute atomic E-state index is 12.0. The Morgan fingerprint density at radius 3 is 2.80 bits per heavy atom. The molecule has 1 aromatic carbocycles. The minimum Gasteiger partial charge on any atom is -0.493 e. The van der Waals surface area contributed by atoms with Gasteiger partial charge in [-0.3, -0.25) is 4.79 Å². The molecular formula is C15H22N2O3. The first kappa shape index (κ1) is 14.7. The Hall–Kier alpha value is -1.75. The number of nitrogens with zero attached hydrogens (tertiary/aromatic N) is 1. The van der Waals surface area contributed by atoms with Crippen molar-refractivity contribution in [3.05, 3.63) is 24.3 Å². The van der Waals surface area contributed by atoms with Gasteiger partial charge in [-0.25, -0.2) is 0 Å². The predicted octanol–water partition coefficient (Wildman–Crippen LogP) is 1.27. The van der Waals surface area contributed by atoms with Crippen molar-refractivity contribution < 1.29 is 14.3 Å². The highest BCUT2D eigenvalue weighted by atomic mass is 16.5. The van der Waals surface area contributed by atoms with Gasteiger partial charge in [0.15, 0.2) is 11.5 Å². The summed E-state index contributed by atoms with van der Waals surface area (Å²) in [5.74, 6) is 1.94. The number of methoxy groups -OCH3 is 1. The van der Waals surface area contributed by atoms with Gasteiger partial charge in [0.2, 0.25) is 5.91 Å². The average Bonchev–Trinajstić information content (AvgIpc) is 2.96. The lowest BCUT2D eigenvalue weighted by Crippen LogP contribution is -2.30. The zero-order chi connectivity index (χ0) is 14.4. The van der Waals surface area contributed by atoms with Gasteiger partial charge < -0.3 is 20.1 Å². The molecule has 1 fully saturated rings. The molecule has 2 N–H and O–H groups in total. The number of likely N-dealkylation sites (tertiary alicyclic amines) is 1. The summed E-state index contributed by atoms with van der Waals surface area (Å²) in [5.41, 5.74) is 5.63. The summed E-state index contributed by atoms with van der Waals surface area (Å²) in [7, 11) is 1.60. The second-order valence-electron chi connectivity index (χ2n) is 4.98. The van der Waals surface area contributed by atoms with E-state index in [1.807, 2.05) is 29.2 Å². The van der Waals surface area contributed by atoms with Gasteiger partial charge in [0.25, 0.3) is 0 Å². The molecule has 20 heavy (non-hydrogen) atoms. The molecule has 0 spiro atoms. The second-order valence-corrected chi connectivity index (χ2v) is 4.98. The van der Waals surface area contributed by atoms with E-state index in [-0.39, 0.29) is 5.91 Å². The van der Waals surface area contributed by atoms with Gasteiger partial charge in [-0.2, -0.15) is 0 Å². The Labute approximate surface area is 119 Å². The van der Waals surface area contributed by atoms with E-state index in [2.05, 4.69) is 0 Å².